The molecule has 8 nitrogen and oxygen atoms in total. The van der Waals surface area contributed by atoms with Crippen molar-refractivity contribution < 1.29 is 14.3 Å². The van der Waals surface area contributed by atoms with Crippen LogP contribution in [0.2, 0.25) is 0 Å². The Balaban J connectivity index is 1.44. The molecule has 0 unspecified atom stereocenters. The Labute approximate surface area is 197 Å². The topological polar surface area (TPSA) is 81.5 Å². The van der Waals surface area contributed by atoms with E-state index < -0.39 is 0 Å². The number of hydrogen-bond acceptors (Lipinski definition) is 6. The molecule has 1 fully saturated rings. The molecule has 1 aliphatic rings. The van der Waals surface area contributed by atoms with E-state index in [2.05, 4.69) is 15.2 Å². The van der Waals surface area contributed by atoms with Crippen molar-refractivity contribution in [3.05, 3.63) is 84.7 Å². The van der Waals surface area contributed by atoms with Crippen LogP contribution in [-0.4, -0.2) is 54.1 Å². The van der Waals surface area contributed by atoms with Crippen molar-refractivity contribution in [1.82, 2.24) is 14.8 Å². The Kier molecular flexibility index (Phi) is 6.22. The highest BCUT2D eigenvalue weighted by atomic mass is 16.5. The van der Waals surface area contributed by atoms with Gasteiger partial charge in [-0.25, -0.2) is 9.67 Å². The molecule has 5 rings (SSSR count). The van der Waals surface area contributed by atoms with E-state index in [1.54, 1.807) is 24.2 Å². The van der Waals surface area contributed by atoms with E-state index >= 15 is 0 Å². The quantitative estimate of drug-likeness (QED) is 0.473. The second kappa shape index (κ2) is 9.76. The molecule has 8 heteroatoms. The minimum absolute atomic E-state index is 0.286. The predicted octanol–water partition coefficient (Wildman–Crippen LogP) is 4.03. The standard InChI is InChI=1S/C26H25N5O3/c1-33-22-9-5-6-19(16-22)25-23(18-31(29-25)20-7-3-2-4-8-20)26(32)28-24-11-10-21(17-27-24)30-12-14-34-15-13-30/h2-11,16-18H,12-15H2,1H3,(H,27,28,32). The van der Waals surface area contributed by atoms with Gasteiger partial charge in [0.25, 0.3) is 5.91 Å². The molecule has 0 spiro atoms. The number of para-hydroxylation sites is 1. The van der Waals surface area contributed by atoms with E-state index in [4.69, 9.17) is 14.6 Å². The van der Waals surface area contributed by atoms with Gasteiger partial charge in [-0.05, 0) is 36.4 Å². The molecular weight excluding hydrogens is 430 g/mol. The number of nitrogens with zero attached hydrogens (tertiary/aromatic N) is 4. The Morgan fingerprint density at radius 1 is 1.00 bits per heavy atom. The smallest absolute Gasteiger partial charge is 0.260 e. The third-order valence-electron chi connectivity index (χ3n) is 5.69. The van der Waals surface area contributed by atoms with E-state index in [1.807, 2.05) is 66.7 Å². The highest BCUT2D eigenvalue weighted by molar-refractivity contribution is 6.07. The van der Waals surface area contributed by atoms with E-state index in [9.17, 15) is 4.79 Å². The van der Waals surface area contributed by atoms with Gasteiger partial charge in [0.1, 0.15) is 17.3 Å². The number of carbonyl (C=O) groups excluding carboxylic acids is 1. The maximum absolute atomic E-state index is 13.3. The molecule has 1 saturated heterocycles. The normalized spacial score (nSPS) is 13.5. The molecule has 4 aromatic rings. The first-order chi connectivity index (χ1) is 16.7. The molecule has 1 aliphatic heterocycles. The average molecular weight is 456 g/mol. The van der Waals surface area contributed by atoms with E-state index in [-0.39, 0.29) is 5.91 Å². The SMILES string of the molecule is COc1cccc(-c2nn(-c3ccccc3)cc2C(=O)Nc2ccc(N3CCOCC3)cn2)c1. The van der Waals surface area contributed by atoms with Crippen LogP contribution in [0.15, 0.2) is 79.1 Å². The number of aromatic nitrogens is 3. The lowest BCUT2D eigenvalue weighted by Crippen LogP contribution is -2.36. The molecule has 0 radical (unpaired) electrons. The summed E-state index contributed by atoms with van der Waals surface area (Å²) in [5.74, 6) is 0.885. The fourth-order valence-corrected chi connectivity index (χ4v) is 3.89. The number of anilines is 2. The van der Waals surface area contributed by atoms with Gasteiger partial charge in [-0.3, -0.25) is 4.79 Å². The van der Waals surface area contributed by atoms with Gasteiger partial charge in [0.15, 0.2) is 0 Å². The Morgan fingerprint density at radius 3 is 2.56 bits per heavy atom. The minimum atomic E-state index is -0.286. The lowest BCUT2D eigenvalue weighted by atomic mass is 10.1. The highest BCUT2D eigenvalue weighted by Gasteiger charge is 2.20. The third-order valence-corrected chi connectivity index (χ3v) is 5.69. The monoisotopic (exact) mass is 455 g/mol. The molecule has 2 aromatic heterocycles. The van der Waals surface area contributed by atoms with Gasteiger partial charge in [-0.15, -0.1) is 0 Å². The molecule has 34 heavy (non-hydrogen) atoms. The van der Waals surface area contributed by atoms with Gasteiger partial charge in [0, 0.05) is 24.8 Å². The Bertz CT molecular complexity index is 1270. The summed E-state index contributed by atoms with van der Waals surface area (Å²) < 4.78 is 12.5. The van der Waals surface area contributed by atoms with E-state index in [0.29, 0.717) is 36.0 Å². The van der Waals surface area contributed by atoms with E-state index in [0.717, 1.165) is 30.0 Å². The number of rotatable bonds is 6. The zero-order valence-electron chi connectivity index (χ0n) is 18.8. The van der Waals surface area contributed by atoms with Crippen molar-refractivity contribution in [2.24, 2.45) is 0 Å². The summed E-state index contributed by atoms with van der Waals surface area (Å²) in [5, 5.41) is 7.64. The lowest BCUT2D eigenvalue weighted by molar-refractivity contribution is 0.102. The zero-order chi connectivity index (χ0) is 23.3. The van der Waals surface area contributed by atoms with Crippen LogP contribution in [0.5, 0.6) is 5.75 Å². The summed E-state index contributed by atoms with van der Waals surface area (Å²) >= 11 is 0. The number of morpholine rings is 1. The summed E-state index contributed by atoms with van der Waals surface area (Å²) in [4.78, 5) is 20.0. The number of methoxy groups -OCH3 is 1. The Morgan fingerprint density at radius 2 is 1.82 bits per heavy atom. The summed E-state index contributed by atoms with van der Waals surface area (Å²) in [6.45, 7) is 3.07. The fourth-order valence-electron chi connectivity index (χ4n) is 3.89. The van der Waals surface area contributed by atoms with Crippen molar-refractivity contribution in [2.75, 3.05) is 43.6 Å². The predicted molar refractivity (Wildman–Crippen MR) is 131 cm³/mol. The molecule has 0 saturated carbocycles. The second-order valence-electron chi connectivity index (χ2n) is 7.86. The second-order valence-corrected chi connectivity index (χ2v) is 7.86. The maximum Gasteiger partial charge on any atom is 0.260 e. The summed E-state index contributed by atoms with van der Waals surface area (Å²) in [7, 11) is 1.61. The molecule has 1 amide bonds. The first kappa shape index (κ1) is 21.7. The summed E-state index contributed by atoms with van der Waals surface area (Å²) in [6, 6.07) is 21.0. The summed E-state index contributed by atoms with van der Waals surface area (Å²) in [5.41, 5.74) is 3.66. The highest BCUT2D eigenvalue weighted by Crippen LogP contribution is 2.28. The van der Waals surface area contributed by atoms with Gasteiger partial charge in [-0.2, -0.15) is 5.10 Å². The number of amides is 1. The van der Waals surface area contributed by atoms with Gasteiger partial charge in [-0.1, -0.05) is 30.3 Å². The first-order valence-corrected chi connectivity index (χ1v) is 11.1. The fraction of sp³-hybridized carbons (Fsp3) is 0.192. The number of carbonyl (C=O) groups is 1. The minimum Gasteiger partial charge on any atom is -0.497 e. The maximum atomic E-state index is 13.3. The zero-order valence-corrected chi connectivity index (χ0v) is 18.8. The first-order valence-electron chi connectivity index (χ1n) is 11.1. The van der Waals surface area contributed by atoms with Crippen LogP contribution in [0.25, 0.3) is 16.9 Å². The molecular formula is C26H25N5O3. The molecule has 172 valence electrons. The molecule has 0 bridgehead atoms. The van der Waals surface area contributed by atoms with Gasteiger partial charge in [0.05, 0.1) is 43.5 Å². The van der Waals surface area contributed by atoms with Gasteiger partial charge in [0.2, 0.25) is 0 Å². The van der Waals surface area contributed by atoms with Crippen molar-refractivity contribution in [3.8, 4) is 22.7 Å². The number of ether oxygens (including phenoxy) is 2. The van der Waals surface area contributed by atoms with Crippen LogP contribution in [0.3, 0.4) is 0 Å². The lowest BCUT2D eigenvalue weighted by Gasteiger charge is -2.28. The average Bonchev–Trinajstić information content (AvgIpc) is 3.36. The van der Waals surface area contributed by atoms with Crippen LogP contribution in [0.4, 0.5) is 11.5 Å². The van der Waals surface area contributed by atoms with Crippen LogP contribution in [0.1, 0.15) is 10.4 Å². The molecule has 3 heterocycles. The number of pyridine rings is 1. The van der Waals surface area contributed by atoms with Crippen LogP contribution in [-0.2, 0) is 4.74 Å². The summed E-state index contributed by atoms with van der Waals surface area (Å²) in [6.07, 6.45) is 3.51. The van der Waals surface area contributed by atoms with Gasteiger partial charge >= 0.3 is 0 Å². The molecule has 0 atom stereocenters. The van der Waals surface area contributed by atoms with Crippen LogP contribution < -0.4 is 15.0 Å². The Hall–Kier alpha value is -4.17. The van der Waals surface area contributed by atoms with Crippen LogP contribution >= 0.6 is 0 Å². The largest absolute Gasteiger partial charge is 0.497 e. The molecule has 0 aliphatic carbocycles. The van der Waals surface area contributed by atoms with Crippen molar-refractivity contribution >= 4 is 17.4 Å². The van der Waals surface area contributed by atoms with Crippen molar-refractivity contribution in [1.29, 1.82) is 0 Å². The van der Waals surface area contributed by atoms with Crippen molar-refractivity contribution in [2.45, 2.75) is 0 Å². The van der Waals surface area contributed by atoms with Gasteiger partial charge < -0.3 is 19.7 Å². The number of hydrogen-bond donors (Lipinski definition) is 1. The number of benzene rings is 2. The number of nitrogens with one attached hydrogen (secondary N) is 1. The van der Waals surface area contributed by atoms with Crippen molar-refractivity contribution in [3.63, 3.8) is 0 Å². The van der Waals surface area contributed by atoms with Crippen LogP contribution in [0, 0.1) is 0 Å². The molecule has 2 aromatic carbocycles. The van der Waals surface area contributed by atoms with E-state index in [1.165, 1.54) is 0 Å². The third kappa shape index (κ3) is 4.62. The molecule has 1 N–H and O–H groups in total.